The molecule has 2 aromatic rings. The minimum absolute atomic E-state index is 0.0276. The van der Waals surface area contributed by atoms with Gasteiger partial charge < -0.3 is 20.3 Å². The fourth-order valence-corrected chi connectivity index (χ4v) is 3.27. The van der Waals surface area contributed by atoms with Crippen molar-refractivity contribution < 1.29 is 19.4 Å². The Kier molecular flexibility index (Phi) is 3.81. The number of ether oxygens (including phenoxy) is 2. The van der Waals surface area contributed by atoms with Crippen LogP contribution in [0, 0.1) is 0 Å². The van der Waals surface area contributed by atoms with E-state index in [9.17, 15) is 14.7 Å². The Morgan fingerprint density at radius 1 is 1.68 bits per heavy atom. The molecule has 1 aliphatic rings. The van der Waals surface area contributed by atoms with Crippen LogP contribution in [0.4, 0.5) is 5.95 Å². The van der Waals surface area contributed by atoms with E-state index < -0.39 is 24.4 Å². The number of esters is 1. The van der Waals surface area contributed by atoms with Gasteiger partial charge in [-0.25, -0.2) is 4.98 Å². The third-order valence-electron chi connectivity index (χ3n) is 3.30. The summed E-state index contributed by atoms with van der Waals surface area (Å²) in [6, 6.07) is 0. The van der Waals surface area contributed by atoms with Crippen LogP contribution >= 0.6 is 11.3 Å². The first-order chi connectivity index (χ1) is 10.5. The largest absolute Gasteiger partial charge is 0.458 e. The Labute approximate surface area is 128 Å². The van der Waals surface area contributed by atoms with Gasteiger partial charge in [0.05, 0.1) is 23.6 Å². The van der Waals surface area contributed by atoms with Crippen LogP contribution in [0.5, 0.6) is 0 Å². The number of aliphatic hydroxyl groups excluding tert-OH is 1. The van der Waals surface area contributed by atoms with Crippen LogP contribution in [0.25, 0.3) is 10.3 Å². The summed E-state index contributed by atoms with van der Waals surface area (Å²) in [6.45, 7) is 1.04. The molecule has 0 amide bonds. The number of nitrogen functional groups attached to an aromatic ring is 1. The molecule has 0 aliphatic carbocycles. The highest BCUT2D eigenvalue weighted by Gasteiger charge is 2.40. The van der Waals surface area contributed by atoms with Crippen LogP contribution in [0.15, 0.2) is 11.0 Å². The SMILES string of the molecule is CC(=O)OC1CC(CO)OC1n1c(=O)sc2cnc(N)nc21. The van der Waals surface area contributed by atoms with Crippen LogP contribution in [0.1, 0.15) is 19.6 Å². The third-order valence-corrected chi connectivity index (χ3v) is 4.18. The van der Waals surface area contributed by atoms with Gasteiger partial charge in [-0.15, -0.1) is 0 Å². The molecule has 0 bridgehead atoms. The van der Waals surface area contributed by atoms with Gasteiger partial charge in [0.15, 0.2) is 11.9 Å². The molecule has 3 rings (SSSR count). The van der Waals surface area contributed by atoms with E-state index in [0.717, 1.165) is 11.3 Å². The minimum atomic E-state index is -0.850. The molecule has 22 heavy (non-hydrogen) atoms. The number of nitrogens with two attached hydrogens (primary N) is 1. The lowest BCUT2D eigenvalue weighted by Gasteiger charge is -2.19. The van der Waals surface area contributed by atoms with Gasteiger partial charge in [-0.3, -0.25) is 14.2 Å². The molecule has 9 nitrogen and oxygen atoms in total. The van der Waals surface area contributed by atoms with Crippen molar-refractivity contribution in [3.63, 3.8) is 0 Å². The lowest BCUT2D eigenvalue weighted by molar-refractivity contribution is -0.152. The first-order valence-electron chi connectivity index (χ1n) is 6.56. The summed E-state index contributed by atoms with van der Waals surface area (Å²) in [6.07, 6.45) is -0.293. The summed E-state index contributed by atoms with van der Waals surface area (Å²) in [7, 11) is 0. The Hall–Kier alpha value is -2.04. The van der Waals surface area contributed by atoms with E-state index in [4.69, 9.17) is 15.2 Å². The molecule has 1 fully saturated rings. The molecule has 118 valence electrons. The molecule has 3 heterocycles. The molecule has 3 unspecified atom stereocenters. The number of aliphatic hydroxyl groups is 1. The molecule has 0 spiro atoms. The maximum atomic E-state index is 12.3. The van der Waals surface area contributed by atoms with E-state index in [2.05, 4.69) is 9.97 Å². The van der Waals surface area contributed by atoms with Crippen molar-refractivity contribution in [2.24, 2.45) is 0 Å². The van der Waals surface area contributed by atoms with E-state index in [0.29, 0.717) is 16.8 Å². The van der Waals surface area contributed by atoms with Crippen LogP contribution < -0.4 is 10.6 Å². The lowest BCUT2D eigenvalue weighted by atomic mass is 10.2. The van der Waals surface area contributed by atoms with Gasteiger partial charge in [-0.2, -0.15) is 4.98 Å². The number of carbonyl (C=O) groups excluding carboxylic acids is 1. The van der Waals surface area contributed by atoms with Gasteiger partial charge in [0.2, 0.25) is 5.95 Å². The van der Waals surface area contributed by atoms with E-state index in [-0.39, 0.29) is 17.4 Å². The number of hydrogen-bond acceptors (Lipinski definition) is 9. The Bertz CT molecular complexity index is 772. The molecule has 0 saturated carbocycles. The molecule has 3 N–H and O–H groups in total. The van der Waals surface area contributed by atoms with Gasteiger partial charge in [-0.1, -0.05) is 11.3 Å². The molecule has 10 heteroatoms. The molecule has 0 aromatic carbocycles. The molecular weight excluding hydrogens is 312 g/mol. The third kappa shape index (κ3) is 2.56. The standard InChI is InChI=1S/C12H14N4O5S/c1-5(18)20-7-2-6(4-17)21-10(7)16-9-8(22-12(16)19)3-14-11(13)15-9/h3,6-7,10,17H,2,4H2,1H3,(H2,13,14,15). The highest BCUT2D eigenvalue weighted by Crippen LogP contribution is 2.33. The van der Waals surface area contributed by atoms with Crippen LogP contribution in [-0.4, -0.2) is 44.4 Å². The zero-order valence-corrected chi connectivity index (χ0v) is 12.4. The van der Waals surface area contributed by atoms with Crippen molar-refractivity contribution in [2.75, 3.05) is 12.3 Å². The molecule has 0 radical (unpaired) electrons. The van der Waals surface area contributed by atoms with Crippen molar-refractivity contribution in [1.29, 1.82) is 0 Å². The minimum Gasteiger partial charge on any atom is -0.458 e. The van der Waals surface area contributed by atoms with Crippen molar-refractivity contribution in [2.45, 2.75) is 31.8 Å². The van der Waals surface area contributed by atoms with Crippen LogP contribution in [0.3, 0.4) is 0 Å². The van der Waals surface area contributed by atoms with Crippen molar-refractivity contribution in [1.82, 2.24) is 14.5 Å². The van der Waals surface area contributed by atoms with E-state index in [1.807, 2.05) is 0 Å². The quantitative estimate of drug-likeness (QED) is 0.732. The zero-order valence-electron chi connectivity index (χ0n) is 11.6. The Balaban J connectivity index is 2.08. The first kappa shape index (κ1) is 14.9. The smallest absolute Gasteiger partial charge is 0.311 e. The Morgan fingerprint density at radius 3 is 3.14 bits per heavy atom. The molecule has 3 atom stereocenters. The predicted octanol–water partition coefficient (Wildman–Crippen LogP) is -0.353. The second-order valence-electron chi connectivity index (χ2n) is 4.87. The molecule has 1 saturated heterocycles. The van der Waals surface area contributed by atoms with E-state index >= 15 is 0 Å². The summed E-state index contributed by atoms with van der Waals surface area (Å²) in [5, 5.41) is 9.26. The number of fused-ring (bicyclic) bond motifs is 1. The monoisotopic (exact) mass is 326 g/mol. The molecule has 1 aliphatic heterocycles. The fraction of sp³-hybridized carbons (Fsp3) is 0.500. The predicted molar refractivity (Wildman–Crippen MR) is 77.3 cm³/mol. The second kappa shape index (κ2) is 5.63. The van der Waals surface area contributed by atoms with Gasteiger partial charge >= 0.3 is 10.8 Å². The number of anilines is 1. The molecule has 2 aromatic heterocycles. The normalized spacial score (nSPS) is 24.7. The van der Waals surface area contributed by atoms with Crippen LogP contribution in [-0.2, 0) is 14.3 Å². The second-order valence-corrected chi connectivity index (χ2v) is 5.86. The number of aromatic nitrogens is 3. The number of carbonyl (C=O) groups is 1. The number of hydrogen-bond donors (Lipinski definition) is 2. The first-order valence-corrected chi connectivity index (χ1v) is 7.38. The summed E-state index contributed by atoms with van der Waals surface area (Å²) in [5.41, 5.74) is 5.89. The van der Waals surface area contributed by atoms with E-state index in [1.165, 1.54) is 17.7 Å². The lowest BCUT2D eigenvalue weighted by Crippen LogP contribution is -2.30. The number of thiazole rings is 1. The molecular formula is C12H14N4O5S. The van der Waals surface area contributed by atoms with Crippen molar-refractivity contribution >= 4 is 33.6 Å². The van der Waals surface area contributed by atoms with E-state index in [1.54, 1.807) is 0 Å². The maximum absolute atomic E-state index is 12.3. The maximum Gasteiger partial charge on any atom is 0.311 e. The highest BCUT2D eigenvalue weighted by atomic mass is 32.1. The number of rotatable bonds is 3. The van der Waals surface area contributed by atoms with Crippen molar-refractivity contribution in [3.05, 3.63) is 15.9 Å². The number of nitrogens with zero attached hydrogens (tertiary/aromatic N) is 3. The average molecular weight is 326 g/mol. The van der Waals surface area contributed by atoms with Gasteiger partial charge in [-0.05, 0) is 0 Å². The summed E-state index contributed by atoms with van der Waals surface area (Å²) < 4.78 is 12.7. The average Bonchev–Trinajstić information content (AvgIpc) is 2.98. The van der Waals surface area contributed by atoms with Crippen LogP contribution in [0.2, 0.25) is 0 Å². The summed E-state index contributed by atoms with van der Waals surface area (Å²) >= 11 is 0.948. The van der Waals surface area contributed by atoms with Gasteiger partial charge in [0, 0.05) is 13.3 Å². The summed E-state index contributed by atoms with van der Waals surface area (Å²) in [4.78, 5) is 31.1. The van der Waals surface area contributed by atoms with Crippen molar-refractivity contribution in [3.8, 4) is 0 Å². The Morgan fingerprint density at radius 2 is 2.45 bits per heavy atom. The van der Waals surface area contributed by atoms with Gasteiger partial charge in [0.25, 0.3) is 0 Å². The highest BCUT2D eigenvalue weighted by molar-refractivity contribution is 7.16. The fourth-order valence-electron chi connectivity index (χ4n) is 2.45. The zero-order chi connectivity index (χ0) is 15.9. The summed E-state index contributed by atoms with van der Waals surface area (Å²) in [5.74, 6) is -0.460. The topological polar surface area (TPSA) is 130 Å². The van der Waals surface area contributed by atoms with Gasteiger partial charge in [0.1, 0.15) is 6.10 Å².